The second kappa shape index (κ2) is 9.78. The maximum atomic E-state index is 13.4. The Morgan fingerprint density at radius 3 is 1.82 bits per heavy atom. The van der Waals surface area contributed by atoms with Crippen molar-refractivity contribution in [2.45, 2.75) is 18.8 Å². The van der Waals surface area contributed by atoms with Crippen molar-refractivity contribution in [3.8, 4) is 32.8 Å². The van der Waals surface area contributed by atoms with Crippen LogP contribution in [0.4, 0.5) is 26.3 Å². The van der Waals surface area contributed by atoms with Crippen molar-refractivity contribution in [1.82, 2.24) is 4.98 Å². The quantitative estimate of drug-likeness (QED) is 0.195. The molecule has 0 unspecified atom stereocenters. The van der Waals surface area contributed by atoms with Gasteiger partial charge in [0.25, 0.3) is 0 Å². The van der Waals surface area contributed by atoms with E-state index < -0.39 is 29.9 Å². The Morgan fingerprint density at radius 2 is 1.18 bits per heavy atom. The average molecular weight is 564 g/mol. The molecule has 0 saturated heterocycles. The Kier molecular flexibility index (Phi) is 6.38. The van der Waals surface area contributed by atoms with Crippen molar-refractivity contribution in [2.24, 2.45) is 0 Å². The van der Waals surface area contributed by atoms with E-state index >= 15 is 0 Å². The molecule has 1 nitrogen and oxygen atoms in total. The summed E-state index contributed by atoms with van der Waals surface area (Å²) in [4.78, 5) is 4.73. The summed E-state index contributed by atoms with van der Waals surface area (Å²) < 4.78 is 80.1. The van der Waals surface area contributed by atoms with Crippen LogP contribution in [0.1, 0.15) is 11.1 Å². The lowest BCUT2D eigenvalue weighted by molar-refractivity contribution is -0.138. The minimum absolute atomic E-state index is 0.0847. The number of fused-ring (bicyclic) bond motifs is 2. The summed E-state index contributed by atoms with van der Waals surface area (Å²) in [5, 5.41) is 3.00. The number of thiazole rings is 1. The molecule has 1 aromatic heterocycles. The van der Waals surface area contributed by atoms with E-state index in [2.05, 4.69) is 6.07 Å². The van der Waals surface area contributed by atoms with Crippen LogP contribution in [0.5, 0.6) is 0 Å². The highest BCUT2D eigenvalue weighted by molar-refractivity contribution is 7.21. The molecule has 0 fully saturated rings. The van der Waals surface area contributed by atoms with Crippen molar-refractivity contribution in [3.63, 3.8) is 0 Å². The van der Waals surface area contributed by atoms with Gasteiger partial charge in [-0.2, -0.15) is 26.3 Å². The summed E-state index contributed by atoms with van der Waals surface area (Å²) in [5.41, 5.74) is 2.69. The van der Waals surface area contributed by atoms with Gasteiger partial charge in [0.2, 0.25) is 0 Å². The molecule has 5 aromatic carbocycles. The van der Waals surface area contributed by atoms with Gasteiger partial charge in [0, 0.05) is 5.56 Å². The van der Waals surface area contributed by atoms with E-state index in [1.54, 1.807) is 35.6 Å². The molecule has 6 rings (SSSR count). The van der Waals surface area contributed by atoms with Crippen molar-refractivity contribution in [1.29, 1.82) is 0 Å². The lowest BCUT2D eigenvalue weighted by Gasteiger charge is -2.14. The Bertz CT molecular complexity index is 1820. The summed E-state index contributed by atoms with van der Waals surface area (Å²) in [5.74, 6) is 0. The predicted octanol–water partition coefficient (Wildman–Crippen LogP) is 10.6. The van der Waals surface area contributed by atoms with Gasteiger partial charge in [-0.15, -0.1) is 11.3 Å². The highest BCUT2D eigenvalue weighted by atomic mass is 32.1. The van der Waals surface area contributed by atoms with Gasteiger partial charge >= 0.3 is 12.4 Å². The molecule has 0 amide bonds. The fourth-order valence-electron chi connectivity index (χ4n) is 4.76. The maximum Gasteiger partial charge on any atom is 0.416 e. The van der Waals surface area contributed by atoms with Crippen LogP contribution in [0.15, 0.2) is 103 Å². The number of benzene rings is 5. The van der Waals surface area contributed by atoms with Crippen LogP contribution in [0.2, 0.25) is 0 Å². The number of aromatic nitrogens is 1. The summed E-state index contributed by atoms with van der Waals surface area (Å²) in [6.07, 6.45) is -10.8. The van der Waals surface area contributed by atoms with E-state index in [1.807, 2.05) is 54.6 Å². The third kappa shape index (κ3) is 5.45. The van der Waals surface area contributed by atoms with Crippen LogP contribution in [0.3, 0.4) is 0 Å². The largest absolute Gasteiger partial charge is 0.416 e. The zero-order valence-corrected chi connectivity index (χ0v) is 21.5. The van der Waals surface area contributed by atoms with Gasteiger partial charge in [-0.3, -0.25) is 0 Å². The molecule has 0 bridgehead atoms. The molecule has 0 saturated carbocycles. The first-order valence-electron chi connectivity index (χ1n) is 12.3. The minimum Gasteiger partial charge on any atom is -0.236 e. The summed E-state index contributed by atoms with van der Waals surface area (Å²) in [6.45, 7) is 0. The van der Waals surface area contributed by atoms with Gasteiger partial charge < -0.3 is 0 Å². The van der Waals surface area contributed by atoms with E-state index in [9.17, 15) is 26.3 Å². The fraction of sp³-hybridized carbons (Fsp3) is 0.0938. The predicted molar refractivity (Wildman–Crippen MR) is 148 cm³/mol. The van der Waals surface area contributed by atoms with Crippen molar-refractivity contribution < 1.29 is 26.3 Å². The zero-order valence-electron chi connectivity index (χ0n) is 20.6. The van der Waals surface area contributed by atoms with Gasteiger partial charge in [-0.25, -0.2) is 4.98 Å². The van der Waals surface area contributed by atoms with E-state index in [1.165, 1.54) is 0 Å². The van der Waals surface area contributed by atoms with E-state index in [0.29, 0.717) is 11.6 Å². The number of rotatable bonds is 4. The molecule has 8 heteroatoms. The normalized spacial score (nSPS) is 12.3. The minimum atomic E-state index is -4.76. The number of hydrogen-bond donors (Lipinski definition) is 0. The standard InChI is InChI=1S/C32H19F6NS/c33-31(34,35)18-19-13-26(17-27(14-19)32(36,37)38)21-7-5-20(6-8-21)22-9-10-24-16-25(12-11-23(24)15-22)30-39-28-3-1-2-4-29(28)40-30/h1-17H,18H2. The molecule has 6 aromatic rings. The molecule has 1 heterocycles. The number of halogens is 6. The number of hydrogen-bond acceptors (Lipinski definition) is 2. The molecule has 0 atom stereocenters. The topological polar surface area (TPSA) is 12.9 Å². The summed E-state index contributed by atoms with van der Waals surface area (Å²) >= 11 is 1.63. The van der Waals surface area contributed by atoms with E-state index in [-0.39, 0.29) is 5.56 Å². The van der Waals surface area contributed by atoms with Gasteiger partial charge in [0.15, 0.2) is 0 Å². The molecule has 0 aliphatic carbocycles. The Labute approximate surface area is 229 Å². The van der Waals surface area contributed by atoms with Gasteiger partial charge in [0.1, 0.15) is 5.01 Å². The highest BCUT2D eigenvalue weighted by Crippen LogP contribution is 2.37. The Hall–Kier alpha value is -4.17. The van der Waals surface area contributed by atoms with Crippen LogP contribution >= 0.6 is 11.3 Å². The number of nitrogens with zero attached hydrogens (tertiary/aromatic N) is 1. The molecule has 0 aliphatic rings. The molecule has 0 spiro atoms. The molecular weight excluding hydrogens is 544 g/mol. The molecule has 40 heavy (non-hydrogen) atoms. The van der Waals surface area contributed by atoms with Crippen LogP contribution < -0.4 is 0 Å². The summed E-state index contributed by atoms with van der Waals surface area (Å²) in [7, 11) is 0. The van der Waals surface area contributed by atoms with Crippen molar-refractivity contribution >= 4 is 32.3 Å². The maximum absolute atomic E-state index is 13.4. The first kappa shape index (κ1) is 26.1. The van der Waals surface area contributed by atoms with Crippen LogP contribution in [-0.4, -0.2) is 11.2 Å². The SMILES string of the molecule is FC(F)(F)Cc1cc(-c2ccc(-c3ccc4cc(-c5nc6ccccc6s5)ccc4c3)cc2)cc(C(F)(F)F)c1. The molecule has 0 radical (unpaired) electrons. The second-order valence-electron chi connectivity index (χ2n) is 9.55. The van der Waals surface area contributed by atoms with Crippen LogP contribution in [0, 0.1) is 0 Å². The first-order chi connectivity index (χ1) is 19.0. The van der Waals surface area contributed by atoms with Crippen molar-refractivity contribution in [3.05, 3.63) is 114 Å². The van der Waals surface area contributed by atoms with Gasteiger partial charge in [-0.05, 0) is 75.0 Å². The van der Waals surface area contributed by atoms with Gasteiger partial charge in [0.05, 0.1) is 22.2 Å². The Balaban J connectivity index is 1.30. The Morgan fingerprint density at radius 1 is 0.575 bits per heavy atom. The fourth-order valence-corrected chi connectivity index (χ4v) is 5.73. The molecule has 0 aliphatic heterocycles. The monoisotopic (exact) mass is 563 g/mol. The number of alkyl halides is 6. The lowest BCUT2D eigenvalue weighted by Crippen LogP contribution is -2.13. The van der Waals surface area contributed by atoms with Crippen LogP contribution in [-0.2, 0) is 12.6 Å². The van der Waals surface area contributed by atoms with Crippen molar-refractivity contribution in [2.75, 3.05) is 0 Å². The van der Waals surface area contributed by atoms with Gasteiger partial charge in [-0.1, -0.05) is 66.7 Å². The third-order valence-corrected chi connectivity index (χ3v) is 7.74. The first-order valence-corrected chi connectivity index (χ1v) is 13.1. The smallest absolute Gasteiger partial charge is 0.236 e. The zero-order chi connectivity index (χ0) is 28.1. The molecular formula is C32H19F6NS. The molecule has 200 valence electrons. The lowest BCUT2D eigenvalue weighted by atomic mass is 9.95. The second-order valence-corrected chi connectivity index (χ2v) is 10.6. The molecule has 0 N–H and O–H groups in total. The van der Waals surface area contributed by atoms with E-state index in [0.717, 1.165) is 54.8 Å². The third-order valence-electron chi connectivity index (χ3n) is 6.66. The summed E-state index contributed by atoms with van der Waals surface area (Å²) in [6, 6.07) is 29.5. The number of para-hydroxylation sites is 1. The van der Waals surface area contributed by atoms with Crippen LogP contribution in [0.25, 0.3) is 53.8 Å². The van der Waals surface area contributed by atoms with E-state index in [4.69, 9.17) is 4.98 Å². The average Bonchev–Trinajstić information content (AvgIpc) is 3.35. The highest BCUT2D eigenvalue weighted by Gasteiger charge is 2.33.